The van der Waals surface area contributed by atoms with Gasteiger partial charge in [0.2, 0.25) is 0 Å². The normalized spacial score (nSPS) is 11.8. The Morgan fingerprint density at radius 1 is 1.25 bits per heavy atom. The summed E-state index contributed by atoms with van der Waals surface area (Å²) in [5.41, 5.74) is 0.583. The molecule has 0 bridgehead atoms. The molecular weight excluding hydrogens is 210 g/mol. The molecule has 16 heavy (non-hydrogen) atoms. The number of aliphatic carboxylic acids is 2. The summed E-state index contributed by atoms with van der Waals surface area (Å²) in [6.45, 7) is 1.12. The topological polar surface area (TPSA) is 77.8 Å². The molecule has 0 spiro atoms. The molecule has 1 atom stereocenters. The lowest BCUT2D eigenvalue weighted by Crippen LogP contribution is -2.42. The van der Waals surface area contributed by atoms with E-state index in [1.165, 1.54) is 11.8 Å². The maximum absolute atomic E-state index is 10.9. The Balaban J connectivity index is 2.96. The van der Waals surface area contributed by atoms with Crippen LogP contribution in [0.1, 0.15) is 6.92 Å². The SMILES string of the molecule is C[C@@H](C(=O)O)N(CC(=O)O)c1ccccc1. The average molecular weight is 223 g/mol. The number of para-hydroxylation sites is 1. The number of carbonyl (C=O) groups is 2. The highest BCUT2D eigenvalue weighted by Gasteiger charge is 2.22. The van der Waals surface area contributed by atoms with E-state index in [4.69, 9.17) is 10.2 Å². The molecule has 1 aromatic carbocycles. The minimum Gasteiger partial charge on any atom is -0.480 e. The summed E-state index contributed by atoms with van der Waals surface area (Å²) in [7, 11) is 0. The molecule has 0 aromatic heterocycles. The van der Waals surface area contributed by atoms with E-state index in [0.29, 0.717) is 5.69 Å². The second-order valence-corrected chi connectivity index (χ2v) is 3.37. The number of anilines is 1. The molecule has 0 aliphatic carbocycles. The van der Waals surface area contributed by atoms with E-state index in [1.54, 1.807) is 30.3 Å². The Morgan fingerprint density at radius 3 is 2.25 bits per heavy atom. The van der Waals surface area contributed by atoms with E-state index in [2.05, 4.69) is 0 Å². The van der Waals surface area contributed by atoms with Crippen molar-refractivity contribution in [1.29, 1.82) is 0 Å². The standard InChI is InChI=1S/C11H13NO4/c1-8(11(15)16)12(7-10(13)14)9-5-3-2-4-6-9/h2-6,8H,7H2,1H3,(H,13,14)(H,15,16)/t8-/m0/s1. The van der Waals surface area contributed by atoms with Gasteiger partial charge in [-0.3, -0.25) is 4.79 Å². The molecule has 0 saturated carbocycles. The van der Waals surface area contributed by atoms with Gasteiger partial charge in [0.15, 0.2) is 0 Å². The van der Waals surface area contributed by atoms with Crippen LogP contribution in [0.3, 0.4) is 0 Å². The summed E-state index contributed by atoms with van der Waals surface area (Å²) in [5, 5.41) is 17.6. The first-order chi connectivity index (χ1) is 7.52. The summed E-state index contributed by atoms with van der Waals surface area (Å²) < 4.78 is 0. The molecule has 0 heterocycles. The van der Waals surface area contributed by atoms with Crippen LogP contribution in [-0.4, -0.2) is 34.7 Å². The predicted molar refractivity (Wildman–Crippen MR) is 58.5 cm³/mol. The second-order valence-electron chi connectivity index (χ2n) is 3.37. The Labute approximate surface area is 92.9 Å². The van der Waals surface area contributed by atoms with Crippen LogP contribution in [-0.2, 0) is 9.59 Å². The maximum atomic E-state index is 10.9. The van der Waals surface area contributed by atoms with Gasteiger partial charge in [-0.05, 0) is 19.1 Å². The smallest absolute Gasteiger partial charge is 0.326 e. The molecule has 86 valence electrons. The summed E-state index contributed by atoms with van der Waals surface area (Å²) >= 11 is 0. The molecule has 5 heteroatoms. The summed E-state index contributed by atoms with van der Waals surface area (Å²) in [4.78, 5) is 22.9. The van der Waals surface area contributed by atoms with Crippen molar-refractivity contribution in [2.75, 3.05) is 11.4 Å². The van der Waals surface area contributed by atoms with Crippen LogP contribution in [0, 0.1) is 0 Å². The van der Waals surface area contributed by atoms with Gasteiger partial charge in [-0.25, -0.2) is 4.79 Å². The predicted octanol–water partition coefficient (Wildman–Crippen LogP) is 1.05. The quantitative estimate of drug-likeness (QED) is 0.780. The van der Waals surface area contributed by atoms with Gasteiger partial charge in [-0.1, -0.05) is 18.2 Å². The van der Waals surface area contributed by atoms with E-state index in [0.717, 1.165) is 0 Å². The fourth-order valence-corrected chi connectivity index (χ4v) is 1.35. The highest BCUT2D eigenvalue weighted by molar-refractivity contribution is 5.82. The number of carboxylic acid groups (broad SMARTS) is 2. The number of carboxylic acids is 2. The van der Waals surface area contributed by atoms with Crippen molar-refractivity contribution in [3.63, 3.8) is 0 Å². The molecule has 0 amide bonds. The van der Waals surface area contributed by atoms with Gasteiger partial charge < -0.3 is 15.1 Å². The molecule has 5 nitrogen and oxygen atoms in total. The minimum atomic E-state index is -1.06. The Hall–Kier alpha value is -2.04. The number of benzene rings is 1. The van der Waals surface area contributed by atoms with E-state index in [-0.39, 0.29) is 6.54 Å². The Morgan fingerprint density at radius 2 is 1.81 bits per heavy atom. The largest absolute Gasteiger partial charge is 0.480 e. The van der Waals surface area contributed by atoms with Crippen LogP contribution in [0.15, 0.2) is 30.3 Å². The first kappa shape index (κ1) is 12.0. The van der Waals surface area contributed by atoms with Gasteiger partial charge in [0.25, 0.3) is 0 Å². The van der Waals surface area contributed by atoms with Crippen molar-refractivity contribution in [2.45, 2.75) is 13.0 Å². The van der Waals surface area contributed by atoms with Gasteiger partial charge in [-0.2, -0.15) is 0 Å². The van der Waals surface area contributed by atoms with Crippen molar-refractivity contribution < 1.29 is 19.8 Å². The highest BCUT2D eigenvalue weighted by Crippen LogP contribution is 2.16. The Bertz CT molecular complexity index is 377. The van der Waals surface area contributed by atoms with Gasteiger partial charge in [0.05, 0.1) is 0 Å². The molecule has 0 aliphatic heterocycles. The van der Waals surface area contributed by atoms with E-state index < -0.39 is 18.0 Å². The third-order valence-corrected chi connectivity index (χ3v) is 2.22. The van der Waals surface area contributed by atoms with Crippen LogP contribution in [0.5, 0.6) is 0 Å². The average Bonchev–Trinajstić information content (AvgIpc) is 2.26. The summed E-state index contributed by atoms with van der Waals surface area (Å²) in [5.74, 6) is -2.11. The molecule has 0 unspecified atom stereocenters. The monoisotopic (exact) mass is 223 g/mol. The third kappa shape index (κ3) is 2.98. The van der Waals surface area contributed by atoms with Crippen LogP contribution in [0.4, 0.5) is 5.69 Å². The van der Waals surface area contributed by atoms with Crippen LogP contribution in [0.2, 0.25) is 0 Å². The lowest BCUT2D eigenvalue weighted by Gasteiger charge is -2.26. The zero-order valence-electron chi connectivity index (χ0n) is 8.83. The summed E-state index contributed by atoms with van der Waals surface area (Å²) in [6, 6.07) is 7.74. The fraction of sp³-hybridized carbons (Fsp3) is 0.273. The van der Waals surface area contributed by atoms with E-state index >= 15 is 0 Å². The number of nitrogens with zero attached hydrogens (tertiary/aromatic N) is 1. The van der Waals surface area contributed by atoms with Gasteiger partial charge in [0.1, 0.15) is 12.6 Å². The second kappa shape index (κ2) is 5.16. The maximum Gasteiger partial charge on any atom is 0.326 e. The van der Waals surface area contributed by atoms with Crippen molar-refractivity contribution >= 4 is 17.6 Å². The molecule has 0 saturated heterocycles. The van der Waals surface area contributed by atoms with Crippen LogP contribution >= 0.6 is 0 Å². The highest BCUT2D eigenvalue weighted by atomic mass is 16.4. The van der Waals surface area contributed by atoms with Crippen LogP contribution < -0.4 is 4.90 Å². The van der Waals surface area contributed by atoms with Gasteiger partial charge >= 0.3 is 11.9 Å². The van der Waals surface area contributed by atoms with Crippen LogP contribution in [0.25, 0.3) is 0 Å². The van der Waals surface area contributed by atoms with Crippen molar-refractivity contribution in [3.05, 3.63) is 30.3 Å². The van der Waals surface area contributed by atoms with Gasteiger partial charge in [-0.15, -0.1) is 0 Å². The summed E-state index contributed by atoms with van der Waals surface area (Å²) in [6.07, 6.45) is 0. The minimum absolute atomic E-state index is 0.336. The number of hydrogen-bond donors (Lipinski definition) is 2. The number of hydrogen-bond acceptors (Lipinski definition) is 3. The van der Waals surface area contributed by atoms with Crippen molar-refractivity contribution in [3.8, 4) is 0 Å². The first-order valence-electron chi connectivity index (χ1n) is 4.78. The lowest BCUT2D eigenvalue weighted by atomic mass is 10.2. The zero-order chi connectivity index (χ0) is 12.1. The zero-order valence-corrected chi connectivity index (χ0v) is 8.83. The van der Waals surface area contributed by atoms with Gasteiger partial charge in [0, 0.05) is 5.69 Å². The lowest BCUT2D eigenvalue weighted by molar-refractivity contribution is -0.138. The van der Waals surface area contributed by atoms with E-state index in [9.17, 15) is 9.59 Å². The van der Waals surface area contributed by atoms with Crippen molar-refractivity contribution in [1.82, 2.24) is 0 Å². The molecule has 0 fully saturated rings. The third-order valence-electron chi connectivity index (χ3n) is 2.22. The molecule has 1 rings (SSSR count). The molecule has 0 radical (unpaired) electrons. The first-order valence-corrected chi connectivity index (χ1v) is 4.78. The van der Waals surface area contributed by atoms with E-state index in [1.807, 2.05) is 0 Å². The molecular formula is C11H13NO4. The van der Waals surface area contributed by atoms with Crippen molar-refractivity contribution in [2.24, 2.45) is 0 Å². The molecule has 1 aromatic rings. The molecule has 0 aliphatic rings. The fourth-order valence-electron chi connectivity index (χ4n) is 1.35. The molecule has 2 N–H and O–H groups in total. The Kier molecular flexibility index (Phi) is 3.88. The number of rotatable bonds is 5.